The van der Waals surface area contributed by atoms with E-state index in [0.29, 0.717) is 17.7 Å². The number of anilines is 1. The average molecular weight is 546 g/mol. The fraction of sp³-hybridized carbons (Fsp3) is 0.174. The number of aliphatic hydroxyl groups excluding tert-OH is 1. The second-order valence-corrected chi connectivity index (χ2v) is 9.28. The van der Waals surface area contributed by atoms with E-state index in [1.807, 2.05) is 4.72 Å². The summed E-state index contributed by atoms with van der Waals surface area (Å²) in [4.78, 5) is 10.7. The number of sulfonamides is 1. The van der Waals surface area contributed by atoms with E-state index in [-0.39, 0.29) is 35.3 Å². The van der Waals surface area contributed by atoms with Crippen molar-refractivity contribution in [3.05, 3.63) is 70.7 Å². The lowest BCUT2D eigenvalue weighted by Gasteiger charge is -2.18. The molecule has 0 spiro atoms. The number of hydrogen-bond acceptors (Lipinski definition) is 6. The van der Waals surface area contributed by atoms with E-state index in [4.69, 9.17) is 26.2 Å². The first-order valence-corrected chi connectivity index (χ1v) is 11.9. The summed E-state index contributed by atoms with van der Waals surface area (Å²) in [6, 6.07) is 10.8. The summed E-state index contributed by atoms with van der Waals surface area (Å²) in [6.07, 6.45) is -4.93. The first-order valence-electron chi connectivity index (χ1n) is 10.1. The zero-order valence-corrected chi connectivity index (χ0v) is 20.0. The van der Waals surface area contributed by atoms with Gasteiger partial charge >= 0.3 is 12.1 Å². The van der Waals surface area contributed by atoms with Crippen LogP contribution in [-0.2, 0) is 16.2 Å². The molecule has 0 unspecified atom stereocenters. The molecule has 0 aromatic heterocycles. The largest absolute Gasteiger partial charge is 0.495 e. The lowest BCUT2D eigenvalue weighted by Crippen LogP contribution is -2.18. The molecule has 0 saturated heterocycles. The summed E-state index contributed by atoms with van der Waals surface area (Å²) in [7, 11) is -3.70. The SMILES string of the molecule is COc1cc(Cl)c(C(=O)O)cc1S(=O)(=O)Nc1cc(-c2ccccc2OCCO)ccc1C(F)(F)F. The van der Waals surface area contributed by atoms with E-state index in [1.165, 1.54) is 0 Å². The van der Waals surface area contributed by atoms with Gasteiger partial charge in [0, 0.05) is 11.6 Å². The third-order valence-corrected chi connectivity index (χ3v) is 6.59. The van der Waals surface area contributed by atoms with E-state index < -0.39 is 43.9 Å². The molecule has 3 rings (SSSR count). The monoisotopic (exact) mass is 545 g/mol. The number of hydrogen-bond donors (Lipinski definition) is 3. The number of carbonyl (C=O) groups is 1. The predicted molar refractivity (Wildman–Crippen MR) is 125 cm³/mol. The number of rotatable bonds is 9. The van der Waals surface area contributed by atoms with Crippen LogP contribution >= 0.6 is 11.6 Å². The molecule has 3 N–H and O–H groups in total. The van der Waals surface area contributed by atoms with Crippen LogP contribution in [0, 0.1) is 0 Å². The molecule has 0 aliphatic rings. The number of alkyl halides is 3. The van der Waals surface area contributed by atoms with Crippen LogP contribution in [0.15, 0.2) is 59.5 Å². The third kappa shape index (κ3) is 5.83. The quantitative estimate of drug-likeness (QED) is 0.349. The summed E-state index contributed by atoms with van der Waals surface area (Å²) in [5.41, 5.74) is -2.15. The van der Waals surface area contributed by atoms with Crippen LogP contribution in [-0.4, -0.2) is 44.9 Å². The molecule has 8 nitrogen and oxygen atoms in total. The highest BCUT2D eigenvalue weighted by molar-refractivity contribution is 7.92. The molecule has 192 valence electrons. The smallest absolute Gasteiger partial charge is 0.418 e. The highest BCUT2D eigenvalue weighted by Crippen LogP contribution is 2.40. The van der Waals surface area contributed by atoms with Gasteiger partial charge in [-0.1, -0.05) is 35.9 Å². The number of nitrogens with one attached hydrogen (secondary N) is 1. The van der Waals surface area contributed by atoms with Crippen LogP contribution in [0.3, 0.4) is 0 Å². The van der Waals surface area contributed by atoms with Crippen LogP contribution in [0.2, 0.25) is 5.02 Å². The number of aliphatic hydroxyl groups is 1. The first kappa shape index (κ1) is 27.1. The van der Waals surface area contributed by atoms with Gasteiger partial charge in [-0.25, -0.2) is 13.2 Å². The van der Waals surface area contributed by atoms with Crippen molar-refractivity contribution in [1.82, 2.24) is 0 Å². The van der Waals surface area contributed by atoms with E-state index in [9.17, 15) is 31.5 Å². The molecular weight excluding hydrogens is 527 g/mol. The van der Waals surface area contributed by atoms with Gasteiger partial charge in [0.05, 0.1) is 35.6 Å². The molecule has 0 aliphatic carbocycles. The van der Waals surface area contributed by atoms with Crippen molar-refractivity contribution in [2.45, 2.75) is 11.1 Å². The Labute approximate surface area is 208 Å². The van der Waals surface area contributed by atoms with Gasteiger partial charge in [0.25, 0.3) is 10.0 Å². The van der Waals surface area contributed by atoms with Crippen molar-refractivity contribution in [3.63, 3.8) is 0 Å². The topological polar surface area (TPSA) is 122 Å². The van der Waals surface area contributed by atoms with Crippen molar-refractivity contribution in [3.8, 4) is 22.6 Å². The minimum atomic E-state index is -4.93. The van der Waals surface area contributed by atoms with Gasteiger partial charge in [0.1, 0.15) is 23.0 Å². The first-order chi connectivity index (χ1) is 16.9. The maximum absolute atomic E-state index is 13.8. The summed E-state index contributed by atoms with van der Waals surface area (Å²) >= 11 is 5.86. The van der Waals surface area contributed by atoms with Gasteiger partial charge in [-0.15, -0.1) is 0 Å². The molecule has 36 heavy (non-hydrogen) atoms. The normalized spacial score (nSPS) is 11.7. The highest BCUT2D eigenvalue weighted by atomic mass is 35.5. The van der Waals surface area contributed by atoms with Crippen molar-refractivity contribution in [1.29, 1.82) is 0 Å². The van der Waals surface area contributed by atoms with Crippen LogP contribution in [0.1, 0.15) is 15.9 Å². The predicted octanol–water partition coefficient (Wildman–Crippen LogP) is 4.90. The maximum atomic E-state index is 13.8. The Morgan fingerprint density at radius 2 is 1.78 bits per heavy atom. The number of methoxy groups -OCH3 is 1. The molecule has 0 radical (unpaired) electrons. The molecule has 0 aliphatic heterocycles. The van der Waals surface area contributed by atoms with E-state index in [2.05, 4.69) is 0 Å². The molecule has 3 aromatic carbocycles. The molecular formula is C23H19ClF3NO7S. The minimum absolute atomic E-state index is 0.0700. The fourth-order valence-corrected chi connectivity index (χ4v) is 4.78. The lowest BCUT2D eigenvalue weighted by atomic mass is 10.0. The van der Waals surface area contributed by atoms with Crippen LogP contribution in [0.4, 0.5) is 18.9 Å². The number of benzene rings is 3. The van der Waals surface area contributed by atoms with E-state index in [0.717, 1.165) is 25.3 Å². The number of para-hydroxylation sites is 1. The van der Waals surface area contributed by atoms with Crippen molar-refractivity contribution >= 4 is 33.3 Å². The molecule has 3 aromatic rings. The number of aromatic carboxylic acids is 1. The zero-order valence-electron chi connectivity index (χ0n) is 18.5. The van der Waals surface area contributed by atoms with Gasteiger partial charge in [0.2, 0.25) is 0 Å². The summed E-state index contributed by atoms with van der Waals surface area (Å²) in [5, 5.41) is 18.0. The average Bonchev–Trinajstić information content (AvgIpc) is 2.81. The molecule has 0 atom stereocenters. The Bertz CT molecular complexity index is 1390. The van der Waals surface area contributed by atoms with E-state index in [1.54, 1.807) is 24.3 Å². The minimum Gasteiger partial charge on any atom is -0.495 e. The number of carboxylic acid groups (broad SMARTS) is 1. The molecule has 0 bridgehead atoms. The fourth-order valence-electron chi connectivity index (χ4n) is 3.30. The third-order valence-electron chi connectivity index (χ3n) is 4.89. The number of carboxylic acids is 1. The van der Waals surface area contributed by atoms with Gasteiger partial charge in [-0.3, -0.25) is 4.72 Å². The second kappa shape index (κ2) is 10.6. The van der Waals surface area contributed by atoms with Gasteiger partial charge in [0.15, 0.2) is 0 Å². The molecule has 13 heteroatoms. The Hall–Kier alpha value is -3.48. The zero-order chi connectivity index (χ0) is 26.7. The number of ether oxygens (including phenoxy) is 2. The standard InChI is InChI=1S/C23H19ClF3NO7S/c1-34-20-12-17(24)15(22(30)31)11-21(20)36(32,33)28-18-10-13(6-7-16(18)23(25,26)27)14-4-2-3-5-19(14)35-9-8-29/h2-7,10-12,28-29H,8-9H2,1H3,(H,30,31). The van der Waals surface area contributed by atoms with E-state index >= 15 is 0 Å². The van der Waals surface area contributed by atoms with Crippen molar-refractivity contribution < 1.29 is 46.1 Å². The maximum Gasteiger partial charge on any atom is 0.418 e. The lowest BCUT2D eigenvalue weighted by molar-refractivity contribution is -0.136. The molecule has 0 amide bonds. The van der Waals surface area contributed by atoms with Gasteiger partial charge < -0.3 is 19.7 Å². The summed E-state index contributed by atoms with van der Waals surface area (Å²) in [6.45, 7) is -0.368. The molecule has 0 fully saturated rings. The van der Waals surface area contributed by atoms with Crippen molar-refractivity contribution in [2.24, 2.45) is 0 Å². The molecule has 0 heterocycles. The molecule has 0 saturated carbocycles. The summed E-state index contributed by atoms with van der Waals surface area (Å²) < 4.78 is 79.9. The van der Waals surface area contributed by atoms with Crippen LogP contribution in [0.5, 0.6) is 11.5 Å². The Morgan fingerprint density at radius 3 is 2.39 bits per heavy atom. The van der Waals surface area contributed by atoms with Crippen LogP contribution in [0.25, 0.3) is 11.1 Å². The Morgan fingerprint density at radius 1 is 1.08 bits per heavy atom. The Kier molecular flexibility index (Phi) is 8.02. The number of halogens is 4. The van der Waals surface area contributed by atoms with Gasteiger partial charge in [-0.2, -0.15) is 13.2 Å². The second-order valence-electron chi connectivity index (χ2n) is 7.22. The highest BCUT2D eigenvalue weighted by Gasteiger charge is 2.35. The van der Waals surface area contributed by atoms with Crippen LogP contribution < -0.4 is 14.2 Å². The Balaban J connectivity index is 2.17. The summed E-state index contributed by atoms with van der Waals surface area (Å²) in [5.74, 6) is -1.66. The van der Waals surface area contributed by atoms with Crippen molar-refractivity contribution in [2.75, 3.05) is 25.0 Å². The van der Waals surface area contributed by atoms with Gasteiger partial charge in [-0.05, 0) is 29.8 Å².